The van der Waals surface area contributed by atoms with Gasteiger partial charge in [0.05, 0.1) is 12.0 Å². The first-order valence-electron chi connectivity index (χ1n) is 7.93. The molecule has 1 N–H and O–H groups in total. The van der Waals surface area contributed by atoms with Crippen molar-refractivity contribution >= 4 is 12.0 Å². The van der Waals surface area contributed by atoms with Gasteiger partial charge in [-0.3, -0.25) is 0 Å². The van der Waals surface area contributed by atoms with E-state index in [-0.39, 0.29) is 24.9 Å². The maximum atomic E-state index is 12.1. The number of nitrogens with zero attached hydrogens (tertiary/aromatic N) is 1. The molecule has 1 aliphatic carbocycles. The van der Waals surface area contributed by atoms with Gasteiger partial charge in [-0.2, -0.15) is 0 Å². The Hall–Kier alpha value is -0.663. The molecule has 1 saturated carbocycles. The number of hydrogen-bond acceptors (Lipinski definition) is 3. The standard InChI is InChI=1S/C15H26N2O3.Li/c18-14(19)13(11-12-7-3-1-4-8-12)16-15(20)17-9-5-2-6-10-17;/h12-13H,1-11H2,(H,16,20)(H,18,19);/q;+1/p-1/t13-;/m0./s1. The van der Waals surface area contributed by atoms with Crippen molar-refractivity contribution in [3.05, 3.63) is 0 Å². The molecule has 0 aromatic heterocycles. The molecule has 114 valence electrons. The minimum Gasteiger partial charge on any atom is -0.548 e. The number of piperidine rings is 1. The number of urea groups is 1. The van der Waals surface area contributed by atoms with Gasteiger partial charge in [-0.1, -0.05) is 32.1 Å². The summed E-state index contributed by atoms with van der Waals surface area (Å²) >= 11 is 0. The molecule has 0 aromatic carbocycles. The average Bonchev–Trinajstić information content (AvgIpc) is 2.48. The van der Waals surface area contributed by atoms with Crippen LogP contribution in [0.5, 0.6) is 0 Å². The zero-order valence-corrected chi connectivity index (χ0v) is 13.1. The molecule has 0 bridgehead atoms. The third kappa shape index (κ3) is 5.92. The van der Waals surface area contributed by atoms with Gasteiger partial charge in [-0.25, -0.2) is 4.79 Å². The van der Waals surface area contributed by atoms with E-state index in [1.807, 2.05) is 0 Å². The van der Waals surface area contributed by atoms with Crippen molar-refractivity contribution in [2.75, 3.05) is 13.1 Å². The Labute approximate surface area is 139 Å². The Balaban J connectivity index is 0.00000220. The molecule has 2 amide bonds. The van der Waals surface area contributed by atoms with Crippen LogP contribution in [-0.4, -0.2) is 36.0 Å². The van der Waals surface area contributed by atoms with E-state index < -0.39 is 12.0 Å². The monoisotopic (exact) mass is 288 g/mol. The fraction of sp³-hybridized carbons (Fsp3) is 0.867. The van der Waals surface area contributed by atoms with Crippen molar-refractivity contribution in [3.63, 3.8) is 0 Å². The normalized spacial score (nSPS) is 21.2. The van der Waals surface area contributed by atoms with E-state index >= 15 is 0 Å². The van der Waals surface area contributed by atoms with Gasteiger partial charge >= 0.3 is 24.9 Å². The molecular weight excluding hydrogens is 263 g/mol. The largest absolute Gasteiger partial charge is 1.00 e. The number of likely N-dealkylation sites (tertiary alicyclic amines) is 1. The van der Waals surface area contributed by atoms with Crippen LogP contribution < -0.4 is 29.3 Å². The first kappa shape index (κ1) is 18.4. The summed E-state index contributed by atoms with van der Waals surface area (Å²) in [5, 5.41) is 13.9. The molecule has 6 heteroatoms. The number of carboxylic acid groups (broad SMARTS) is 1. The van der Waals surface area contributed by atoms with Gasteiger partial charge < -0.3 is 20.1 Å². The Kier molecular flexibility index (Phi) is 8.21. The van der Waals surface area contributed by atoms with E-state index in [0.717, 1.165) is 45.2 Å². The summed E-state index contributed by atoms with van der Waals surface area (Å²) in [6.07, 6.45) is 9.41. The van der Waals surface area contributed by atoms with Crippen LogP contribution >= 0.6 is 0 Å². The Morgan fingerprint density at radius 2 is 1.62 bits per heavy atom. The van der Waals surface area contributed by atoms with Crippen molar-refractivity contribution in [1.82, 2.24) is 10.2 Å². The van der Waals surface area contributed by atoms with Crippen LogP contribution in [0, 0.1) is 5.92 Å². The summed E-state index contributed by atoms with van der Waals surface area (Å²) in [6.45, 7) is 1.46. The van der Waals surface area contributed by atoms with Crippen LogP contribution in [0.3, 0.4) is 0 Å². The Bertz CT molecular complexity index is 340. The summed E-state index contributed by atoms with van der Waals surface area (Å²) in [6, 6.07) is -1.08. The van der Waals surface area contributed by atoms with Gasteiger partial charge in [0.15, 0.2) is 0 Å². The van der Waals surface area contributed by atoms with Gasteiger partial charge in [0.25, 0.3) is 0 Å². The van der Waals surface area contributed by atoms with Gasteiger partial charge in [-0.05, 0) is 31.6 Å². The number of nitrogens with one attached hydrogen (secondary N) is 1. The van der Waals surface area contributed by atoms with Crippen molar-refractivity contribution in [2.45, 2.75) is 63.8 Å². The molecule has 2 rings (SSSR count). The van der Waals surface area contributed by atoms with Crippen LogP contribution in [0.15, 0.2) is 0 Å². The van der Waals surface area contributed by atoms with Crippen LogP contribution in [0.1, 0.15) is 57.8 Å². The van der Waals surface area contributed by atoms with E-state index in [0.29, 0.717) is 12.3 Å². The Morgan fingerprint density at radius 1 is 1.05 bits per heavy atom. The van der Waals surface area contributed by atoms with E-state index in [9.17, 15) is 14.7 Å². The molecule has 0 radical (unpaired) electrons. The van der Waals surface area contributed by atoms with Crippen LogP contribution in [-0.2, 0) is 4.79 Å². The van der Waals surface area contributed by atoms with E-state index in [1.54, 1.807) is 4.90 Å². The minimum atomic E-state index is -1.15. The SMILES string of the molecule is O=C([O-])[C@H](CC1CCCCC1)NC(=O)N1CCCCC1.[Li+]. The molecular formula is C15H25LiN2O3. The number of rotatable bonds is 4. The molecule has 5 nitrogen and oxygen atoms in total. The molecule has 1 atom stereocenters. The van der Waals surface area contributed by atoms with E-state index in [1.165, 1.54) is 19.3 Å². The fourth-order valence-electron chi connectivity index (χ4n) is 3.31. The summed E-state index contributed by atoms with van der Waals surface area (Å²) in [5.74, 6) is -0.741. The third-order valence-corrected chi connectivity index (χ3v) is 4.52. The number of hydrogen-bond donors (Lipinski definition) is 1. The van der Waals surface area contributed by atoms with Crippen LogP contribution in [0.2, 0.25) is 0 Å². The van der Waals surface area contributed by atoms with E-state index in [2.05, 4.69) is 5.32 Å². The Morgan fingerprint density at radius 3 is 2.19 bits per heavy atom. The summed E-state index contributed by atoms with van der Waals surface area (Å²) in [5.41, 5.74) is 0. The second kappa shape index (κ2) is 9.37. The van der Waals surface area contributed by atoms with Crippen molar-refractivity contribution < 1.29 is 33.6 Å². The number of carbonyl (C=O) groups excluding carboxylic acids is 2. The van der Waals surface area contributed by atoms with E-state index in [4.69, 9.17) is 0 Å². The van der Waals surface area contributed by atoms with Gasteiger partial charge in [0.2, 0.25) is 0 Å². The van der Waals surface area contributed by atoms with Crippen LogP contribution in [0.25, 0.3) is 0 Å². The summed E-state index contributed by atoms with van der Waals surface area (Å²) < 4.78 is 0. The maximum absolute atomic E-state index is 12.1. The smallest absolute Gasteiger partial charge is 0.548 e. The molecule has 2 fully saturated rings. The zero-order chi connectivity index (χ0) is 14.4. The first-order chi connectivity index (χ1) is 9.66. The molecule has 21 heavy (non-hydrogen) atoms. The summed E-state index contributed by atoms with van der Waals surface area (Å²) in [7, 11) is 0. The molecule has 1 heterocycles. The second-order valence-corrected chi connectivity index (χ2v) is 6.11. The number of amides is 2. The molecule has 2 aliphatic rings. The van der Waals surface area contributed by atoms with Crippen LogP contribution in [0.4, 0.5) is 4.79 Å². The molecule has 0 aromatic rings. The number of aliphatic carboxylic acids is 1. The quantitative estimate of drug-likeness (QED) is 0.625. The molecule has 1 saturated heterocycles. The maximum Gasteiger partial charge on any atom is 1.00 e. The zero-order valence-electron chi connectivity index (χ0n) is 13.1. The first-order valence-corrected chi connectivity index (χ1v) is 7.93. The second-order valence-electron chi connectivity index (χ2n) is 6.11. The molecule has 1 aliphatic heterocycles. The van der Waals surface area contributed by atoms with Crippen molar-refractivity contribution in [1.29, 1.82) is 0 Å². The third-order valence-electron chi connectivity index (χ3n) is 4.52. The fourth-order valence-corrected chi connectivity index (χ4v) is 3.31. The number of carboxylic acids is 1. The average molecular weight is 288 g/mol. The van der Waals surface area contributed by atoms with Gasteiger partial charge in [0.1, 0.15) is 0 Å². The molecule has 0 unspecified atom stereocenters. The molecule has 0 spiro atoms. The van der Waals surface area contributed by atoms with Gasteiger partial charge in [-0.15, -0.1) is 0 Å². The van der Waals surface area contributed by atoms with Crippen molar-refractivity contribution in [2.24, 2.45) is 5.92 Å². The predicted molar refractivity (Wildman–Crippen MR) is 73.9 cm³/mol. The van der Waals surface area contributed by atoms with Gasteiger partial charge in [0, 0.05) is 13.1 Å². The minimum absolute atomic E-state index is 0. The topological polar surface area (TPSA) is 72.5 Å². The predicted octanol–water partition coefficient (Wildman–Crippen LogP) is -1.73. The summed E-state index contributed by atoms with van der Waals surface area (Å²) in [4.78, 5) is 25.0. The number of carbonyl (C=O) groups is 2. The van der Waals surface area contributed by atoms with Crippen molar-refractivity contribution in [3.8, 4) is 0 Å².